The minimum absolute atomic E-state index is 0.0205. The smallest absolute Gasteiger partial charge is 0.261 e. The van der Waals surface area contributed by atoms with E-state index in [1.54, 1.807) is 24.8 Å². The highest BCUT2D eigenvalue weighted by Gasteiger charge is 2.61. The van der Waals surface area contributed by atoms with Gasteiger partial charge in [0.25, 0.3) is 5.91 Å². The second-order valence-electron chi connectivity index (χ2n) is 9.70. The zero-order valence-corrected chi connectivity index (χ0v) is 18.8. The molecule has 168 valence electrons. The fourth-order valence-electron chi connectivity index (χ4n) is 5.23. The number of imidazole rings is 1. The first kappa shape index (κ1) is 20.1. The first-order chi connectivity index (χ1) is 15.8. The van der Waals surface area contributed by atoms with Crippen molar-refractivity contribution in [2.75, 3.05) is 11.9 Å². The van der Waals surface area contributed by atoms with Crippen LogP contribution in [-0.4, -0.2) is 43.6 Å². The average Bonchev–Trinajstić information content (AvgIpc) is 3.43. The van der Waals surface area contributed by atoms with Crippen LogP contribution < -0.4 is 10.1 Å². The molecule has 4 aromatic heterocycles. The molecule has 4 aromatic rings. The maximum Gasteiger partial charge on any atom is 0.261 e. The van der Waals surface area contributed by atoms with Crippen molar-refractivity contribution >= 4 is 28.1 Å². The molecule has 1 N–H and O–H groups in total. The minimum Gasteiger partial charge on any atom is -0.490 e. The fourth-order valence-corrected chi connectivity index (χ4v) is 5.23. The van der Waals surface area contributed by atoms with Crippen LogP contribution in [0.1, 0.15) is 49.7 Å². The standard InChI is InChI=1S/C25H25N5O3/c1-15(2)33-19-7-21-29-20(25-12-24(3,13-25)32-14-25)11-30(21)10-17(19)23(31)28-18-9-26-8-16-5-4-6-27-22(16)18/h4-11,15H,12-14H2,1-3H3,(H,28,31). The number of ether oxygens (including phenoxy) is 2. The molecule has 3 fully saturated rings. The van der Waals surface area contributed by atoms with E-state index in [9.17, 15) is 4.79 Å². The van der Waals surface area contributed by atoms with Crippen LogP contribution in [-0.2, 0) is 10.2 Å². The molecule has 3 aliphatic rings. The van der Waals surface area contributed by atoms with E-state index < -0.39 is 0 Å². The van der Waals surface area contributed by atoms with Gasteiger partial charge in [-0.2, -0.15) is 0 Å². The van der Waals surface area contributed by atoms with Crippen LogP contribution in [0.5, 0.6) is 5.75 Å². The molecule has 8 nitrogen and oxygen atoms in total. The third-order valence-electron chi connectivity index (χ3n) is 6.59. The van der Waals surface area contributed by atoms with Crippen LogP contribution in [0.25, 0.3) is 16.6 Å². The summed E-state index contributed by atoms with van der Waals surface area (Å²) in [5, 5.41) is 3.82. The third kappa shape index (κ3) is 3.24. The number of anilines is 1. The Morgan fingerprint density at radius 2 is 2.12 bits per heavy atom. The molecule has 1 aliphatic carbocycles. The molecule has 8 heteroatoms. The number of carbonyl (C=O) groups excluding carboxylic acids is 1. The number of pyridine rings is 3. The van der Waals surface area contributed by atoms with Crippen molar-refractivity contribution in [3.05, 3.63) is 60.4 Å². The van der Waals surface area contributed by atoms with E-state index in [1.807, 2.05) is 42.6 Å². The van der Waals surface area contributed by atoms with E-state index in [0.29, 0.717) is 29.1 Å². The summed E-state index contributed by atoms with van der Waals surface area (Å²) in [7, 11) is 0. The Morgan fingerprint density at radius 1 is 1.27 bits per heavy atom. The number of nitrogens with zero attached hydrogens (tertiary/aromatic N) is 4. The molecule has 0 unspecified atom stereocenters. The Kier molecular flexibility index (Phi) is 4.26. The highest BCUT2D eigenvalue weighted by molar-refractivity contribution is 6.09. The number of carbonyl (C=O) groups is 1. The van der Waals surface area contributed by atoms with E-state index in [1.165, 1.54) is 0 Å². The molecule has 7 rings (SSSR count). The van der Waals surface area contributed by atoms with Gasteiger partial charge in [-0.05, 0) is 45.7 Å². The van der Waals surface area contributed by atoms with E-state index in [4.69, 9.17) is 14.5 Å². The van der Waals surface area contributed by atoms with Gasteiger partial charge in [-0.1, -0.05) is 0 Å². The number of hydrogen-bond donors (Lipinski definition) is 1. The van der Waals surface area contributed by atoms with Crippen LogP contribution in [0.3, 0.4) is 0 Å². The Bertz CT molecular complexity index is 1400. The molecule has 0 aromatic carbocycles. The number of rotatable bonds is 5. The molecule has 2 saturated heterocycles. The van der Waals surface area contributed by atoms with Crippen molar-refractivity contribution in [3.63, 3.8) is 0 Å². The molecule has 6 heterocycles. The largest absolute Gasteiger partial charge is 0.490 e. The molecule has 1 saturated carbocycles. The number of aromatic nitrogens is 4. The number of nitrogens with one attached hydrogen (secondary N) is 1. The lowest BCUT2D eigenvalue weighted by Gasteiger charge is -2.41. The van der Waals surface area contributed by atoms with Crippen molar-refractivity contribution in [3.8, 4) is 5.75 Å². The van der Waals surface area contributed by atoms with Crippen LogP contribution in [0.4, 0.5) is 5.69 Å². The van der Waals surface area contributed by atoms with Crippen molar-refractivity contribution in [1.82, 2.24) is 19.4 Å². The van der Waals surface area contributed by atoms with E-state index in [-0.39, 0.29) is 23.0 Å². The maximum atomic E-state index is 13.4. The summed E-state index contributed by atoms with van der Waals surface area (Å²) >= 11 is 0. The molecule has 1 amide bonds. The normalized spacial score (nSPS) is 23.8. The predicted octanol–water partition coefficient (Wildman–Crippen LogP) is 4.14. The quantitative estimate of drug-likeness (QED) is 0.499. The van der Waals surface area contributed by atoms with Crippen molar-refractivity contribution in [2.24, 2.45) is 0 Å². The first-order valence-corrected chi connectivity index (χ1v) is 11.2. The molecule has 33 heavy (non-hydrogen) atoms. The first-order valence-electron chi connectivity index (χ1n) is 11.2. The summed E-state index contributed by atoms with van der Waals surface area (Å²) in [4.78, 5) is 26.9. The van der Waals surface area contributed by atoms with Crippen molar-refractivity contribution < 1.29 is 14.3 Å². The highest BCUT2D eigenvalue weighted by Crippen LogP contribution is 2.58. The van der Waals surface area contributed by atoms with Gasteiger partial charge < -0.3 is 19.2 Å². The summed E-state index contributed by atoms with van der Waals surface area (Å²) in [5.41, 5.74) is 3.37. The van der Waals surface area contributed by atoms with Gasteiger partial charge in [0.1, 0.15) is 11.4 Å². The van der Waals surface area contributed by atoms with Crippen molar-refractivity contribution in [1.29, 1.82) is 0 Å². The molecule has 0 radical (unpaired) electrons. The lowest BCUT2D eigenvalue weighted by Crippen LogP contribution is -2.45. The molecule has 0 spiro atoms. The predicted molar refractivity (Wildman–Crippen MR) is 124 cm³/mol. The summed E-state index contributed by atoms with van der Waals surface area (Å²) < 4.78 is 13.9. The lowest BCUT2D eigenvalue weighted by atomic mass is 9.62. The minimum atomic E-state index is -0.290. The van der Waals surface area contributed by atoms with Gasteiger partial charge in [0, 0.05) is 41.7 Å². The number of hydrogen-bond acceptors (Lipinski definition) is 6. The molecule has 2 bridgehead atoms. The zero-order chi connectivity index (χ0) is 22.8. The van der Waals surface area contributed by atoms with Gasteiger partial charge in [0.15, 0.2) is 0 Å². The van der Waals surface area contributed by atoms with Gasteiger partial charge in [-0.15, -0.1) is 0 Å². The second kappa shape index (κ2) is 6.99. The monoisotopic (exact) mass is 443 g/mol. The second-order valence-corrected chi connectivity index (χ2v) is 9.70. The van der Waals surface area contributed by atoms with E-state index >= 15 is 0 Å². The lowest BCUT2D eigenvalue weighted by molar-refractivity contribution is 0.0154. The molecule has 0 atom stereocenters. The zero-order valence-electron chi connectivity index (χ0n) is 18.8. The highest BCUT2D eigenvalue weighted by atomic mass is 16.5. The van der Waals surface area contributed by atoms with E-state index in [2.05, 4.69) is 22.2 Å². The number of fused-ring (bicyclic) bond motifs is 3. The van der Waals surface area contributed by atoms with Crippen molar-refractivity contribution in [2.45, 2.75) is 50.7 Å². The SMILES string of the molecule is CC(C)Oc1cc2nc(C34COC(C)(C3)C4)cn2cc1C(=O)Nc1cncc2cccnc12. The summed E-state index contributed by atoms with van der Waals surface area (Å²) in [5.74, 6) is 0.202. The Balaban J connectivity index is 1.39. The average molecular weight is 444 g/mol. The Hall–Kier alpha value is -3.52. The number of amides is 1. The third-order valence-corrected chi connectivity index (χ3v) is 6.59. The van der Waals surface area contributed by atoms with Gasteiger partial charge in [0.05, 0.1) is 47.0 Å². The van der Waals surface area contributed by atoms with Crippen LogP contribution >= 0.6 is 0 Å². The molecular formula is C25H25N5O3. The Labute approximate surface area is 191 Å². The summed E-state index contributed by atoms with van der Waals surface area (Å²) in [6.45, 7) is 6.72. The van der Waals surface area contributed by atoms with E-state index in [0.717, 1.165) is 29.6 Å². The molecule has 2 aliphatic heterocycles. The fraction of sp³-hybridized carbons (Fsp3) is 0.360. The van der Waals surface area contributed by atoms with Crippen LogP contribution in [0, 0.1) is 0 Å². The van der Waals surface area contributed by atoms with Gasteiger partial charge >= 0.3 is 0 Å². The van der Waals surface area contributed by atoms with Gasteiger partial charge in [-0.3, -0.25) is 14.8 Å². The Morgan fingerprint density at radius 3 is 2.88 bits per heavy atom. The van der Waals surface area contributed by atoms with Crippen LogP contribution in [0.2, 0.25) is 0 Å². The molecular weight excluding hydrogens is 418 g/mol. The topological polar surface area (TPSA) is 90.6 Å². The van der Waals surface area contributed by atoms with Crippen LogP contribution in [0.15, 0.2) is 49.2 Å². The van der Waals surface area contributed by atoms with Gasteiger partial charge in [0.2, 0.25) is 0 Å². The summed E-state index contributed by atoms with van der Waals surface area (Å²) in [6.07, 6.45) is 10.7. The maximum absolute atomic E-state index is 13.4. The van der Waals surface area contributed by atoms with Gasteiger partial charge in [-0.25, -0.2) is 4.98 Å². The summed E-state index contributed by atoms with van der Waals surface area (Å²) in [6, 6.07) is 5.59.